The second kappa shape index (κ2) is 10.6. The number of benzene rings is 2. The lowest BCUT2D eigenvalue weighted by molar-refractivity contribution is -0.149. The molecule has 2 aromatic carbocycles. The molecule has 0 aromatic heterocycles. The lowest BCUT2D eigenvalue weighted by Crippen LogP contribution is -2.43. The third-order valence-corrected chi connectivity index (χ3v) is 6.94. The Morgan fingerprint density at radius 3 is 2.53 bits per heavy atom. The molecular formula is C27H31N3O6. The number of ether oxygens (including phenoxy) is 4. The molecule has 0 saturated carbocycles. The van der Waals surface area contributed by atoms with Crippen LogP contribution >= 0.6 is 0 Å². The predicted octanol–water partition coefficient (Wildman–Crippen LogP) is 3.38. The van der Waals surface area contributed by atoms with Crippen molar-refractivity contribution >= 4 is 17.6 Å². The summed E-state index contributed by atoms with van der Waals surface area (Å²) < 4.78 is 21.5. The highest BCUT2D eigenvalue weighted by atomic mass is 16.7. The number of piperidine rings is 1. The summed E-state index contributed by atoms with van der Waals surface area (Å²) in [5, 5.41) is 6.39. The molecule has 9 heteroatoms. The quantitative estimate of drug-likeness (QED) is 0.546. The van der Waals surface area contributed by atoms with Gasteiger partial charge >= 0.3 is 5.97 Å². The molecule has 0 aliphatic carbocycles. The van der Waals surface area contributed by atoms with Crippen molar-refractivity contribution < 1.29 is 28.5 Å². The van der Waals surface area contributed by atoms with E-state index in [1.165, 1.54) is 0 Å². The fourth-order valence-corrected chi connectivity index (χ4v) is 4.93. The molecule has 9 nitrogen and oxygen atoms in total. The van der Waals surface area contributed by atoms with Gasteiger partial charge in [-0.1, -0.05) is 6.07 Å². The maximum atomic E-state index is 13.5. The zero-order valence-electron chi connectivity index (χ0n) is 20.6. The number of esters is 1. The maximum Gasteiger partial charge on any atom is 0.309 e. The van der Waals surface area contributed by atoms with Crippen molar-refractivity contribution in [3.05, 3.63) is 53.6 Å². The van der Waals surface area contributed by atoms with Gasteiger partial charge in [-0.2, -0.15) is 5.10 Å². The first kappa shape index (κ1) is 24.1. The van der Waals surface area contributed by atoms with Crippen molar-refractivity contribution in [1.29, 1.82) is 0 Å². The topological polar surface area (TPSA) is 89.9 Å². The van der Waals surface area contributed by atoms with Gasteiger partial charge in [0, 0.05) is 6.42 Å². The molecule has 190 valence electrons. The summed E-state index contributed by atoms with van der Waals surface area (Å²) in [4.78, 5) is 27.7. The Kier molecular flexibility index (Phi) is 7.09. The summed E-state index contributed by atoms with van der Waals surface area (Å²) in [6.07, 6.45) is 1.97. The molecule has 2 aromatic rings. The van der Waals surface area contributed by atoms with Crippen LogP contribution in [0, 0.1) is 5.92 Å². The molecule has 5 rings (SSSR count). The monoisotopic (exact) mass is 493 g/mol. The highest BCUT2D eigenvalue weighted by Gasteiger charge is 2.35. The smallest absolute Gasteiger partial charge is 0.309 e. The highest BCUT2D eigenvalue weighted by Crippen LogP contribution is 2.39. The minimum absolute atomic E-state index is 0.0734. The van der Waals surface area contributed by atoms with Gasteiger partial charge in [-0.05, 0) is 80.4 Å². The van der Waals surface area contributed by atoms with E-state index in [9.17, 15) is 9.59 Å². The molecule has 1 saturated heterocycles. The average molecular weight is 494 g/mol. The SMILES string of the molecule is CCOC(=O)C1CCN(CC(=O)N2N=C(c3ccc(OC)cc3)CC2c2ccc3c(c2)OCO3)CC1. The number of amides is 1. The molecule has 3 aliphatic heterocycles. The third kappa shape index (κ3) is 5.02. The van der Waals surface area contributed by atoms with Crippen LogP contribution in [0.5, 0.6) is 17.2 Å². The van der Waals surface area contributed by atoms with E-state index in [1.54, 1.807) is 12.1 Å². The third-order valence-electron chi connectivity index (χ3n) is 6.94. The first-order valence-corrected chi connectivity index (χ1v) is 12.4. The Morgan fingerprint density at radius 2 is 1.81 bits per heavy atom. The molecule has 36 heavy (non-hydrogen) atoms. The Bertz CT molecular complexity index is 1140. The zero-order chi connectivity index (χ0) is 25.1. The first-order valence-electron chi connectivity index (χ1n) is 12.4. The summed E-state index contributed by atoms with van der Waals surface area (Å²) in [5.74, 6) is 1.84. The molecule has 1 atom stereocenters. The van der Waals surface area contributed by atoms with Crippen LogP contribution in [0.25, 0.3) is 0 Å². The Labute approximate surface area is 210 Å². The molecule has 3 aliphatic rings. The highest BCUT2D eigenvalue weighted by molar-refractivity contribution is 6.03. The number of hydrogen-bond donors (Lipinski definition) is 0. The van der Waals surface area contributed by atoms with Gasteiger partial charge in [0.2, 0.25) is 6.79 Å². The molecule has 3 heterocycles. The van der Waals surface area contributed by atoms with Crippen LogP contribution < -0.4 is 14.2 Å². The molecule has 0 bridgehead atoms. The van der Waals surface area contributed by atoms with Crippen molar-refractivity contribution in [2.45, 2.75) is 32.2 Å². The lowest BCUT2D eigenvalue weighted by Gasteiger charge is -2.32. The Balaban J connectivity index is 1.33. The van der Waals surface area contributed by atoms with Crippen molar-refractivity contribution in [2.24, 2.45) is 11.0 Å². The van der Waals surface area contributed by atoms with Crippen LogP contribution in [0.15, 0.2) is 47.6 Å². The summed E-state index contributed by atoms with van der Waals surface area (Å²) in [6.45, 7) is 4.00. The van der Waals surface area contributed by atoms with E-state index in [4.69, 9.17) is 24.0 Å². The van der Waals surface area contributed by atoms with E-state index >= 15 is 0 Å². The molecule has 0 N–H and O–H groups in total. The van der Waals surface area contributed by atoms with Gasteiger partial charge in [0.05, 0.1) is 37.9 Å². The fourth-order valence-electron chi connectivity index (χ4n) is 4.93. The number of carbonyl (C=O) groups excluding carboxylic acids is 2. The van der Waals surface area contributed by atoms with Gasteiger partial charge < -0.3 is 18.9 Å². The lowest BCUT2D eigenvalue weighted by atomic mass is 9.96. The summed E-state index contributed by atoms with van der Waals surface area (Å²) in [7, 11) is 1.63. The van der Waals surface area contributed by atoms with E-state index < -0.39 is 0 Å². The summed E-state index contributed by atoms with van der Waals surface area (Å²) >= 11 is 0. The van der Waals surface area contributed by atoms with Crippen molar-refractivity contribution in [1.82, 2.24) is 9.91 Å². The number of likely N-dealkylation sites (tertiary alicyclic amines) is 1. The van der Waals surface area contributed by atoms with E-state index in [1.807, 2.05) is 49.4 Å². The molecule has 0 radical (unpaired) electrons. The number of fused-ring (bicyclic) bond motifs is 1. The van der Waals surface area contributed by atoms with Gasteiger partial charge in [0.1, 0.15) is 5.75 Å². The van der Waals surface area contributed by atoms with Gasteiger partial charge in [0.25, 0.3) is 5.91 Å². The van der Waals surface area contributed by atoms with E-state index in [2.05, 4.69) is 4.90 Å². The minimum Gasteiger partial charge on any atom is -0.497 e. The van der Waals surface area contributed by atoms with Crippen LogP contribution in [0.1, 0.15) is 43.4 Å². The predicted molar refractivity (Wildman–Crippen MR) is 132 cm³/mol. The molecular weight excluding hydrogens is 462 g/mol. The van der Waals surface area contributed by atoms with Gasteiger partial charge in [-0.15, -0.1) is 0 Å². The summed E-state index contributed by atoms with van der Waals surface area (Å²) in [5.41, 5.74) is 2.74. The van der Waals surface area contributed by atoms with E-state index in [-0.39, 0.29) is 37.2 Å². The zero-order valence-corrected chi connectivity index (χ0v) is 20.6. The number of carbonyl (C=O) groups is 2. The Morgan fingerprint density at radius 1 is 1.06 bits per heavy atom. The van der Waals surface area contributed by atoms with Crippen LogP contribution in [-0.2, 0) is 14.3 Å². The van der Waals surface area contributed by atoms with Crippen molar-refractivity contribution in [2.75, 3.05) is 40.1 Å². The number of methoxy groups -OCH3 is 1. The second-order valence-electron chi connectivity index (χ2n) is 9.15. The Hall–Kier alpha value is -3.59. The second-order valence-corrected chi connectivity index (χ2v) is 9.15. The largest absolute Gasteiger partial charge is 0.497 e. The van der Waals surface area contributed by atoms with Crippen LogP contribution in [0.2, 0.25) is 0 Å². The molecule has 1 amide bonds. The first-order chi connectivity index (χ1) is 17.6. The van der Waals surface area contributed by atoms with Gasteiger partial charge in [0.15, 0.2) is 11.5 Å². The number of hydrogen-bond acceptors (Lipinski definition) is 8. The minimum atomic E-state index is -0.249. The average Bonchev–Trinajstić information content (AvgIpc) is 3.56. The number of rotatable bonds is 7. The van der Waals surface area contributed by atoms with Crippen LogP contribution in [0.4, 0.5) is 0 Å². The van der Waals surface area contributed by atoms with Crippen LogP contribution in [0.3, 0.4) is 0 Å². The van der Waals surface area contributed by atoms with Crippen LogP contribution in [-0.4, -0.2) is 67.6 Å². The van der Waals surface area contributed by atoms with Crippen molar-refractivity contribution in [3.8, 4) is 17.2 Å². The normalized spacial score (nSPS) is 19.8. The van der Waals surface area contributed by atoms with Crippen molar-refractivity contribution in [3.63, 3.8) is 0 Å². The van der Waals surface area contributed by atoms with Gasteiger partial charge in [-0.3, -0.25) is 14.5 Å². The van der Waals surface area contributed by atoms with Gasteiger partial charge in [-0.25, -0.2) is 5.01 Å². The molecule has 1 unspecified atom stereocenters. The maximum absolute atomic E-state index is 13.5. The van der Waals surface area contributed by atoms with E-state index in [0.29, 0.717) is 50.5 Å². The van der Waals surface area contributed by atoms with E-state index in [0.717, 1.165) is 22.6 Å². The number of nitrogens with zero attached hydrogens (tertiary/aromatic N) is 3. The standard InChI is InChI=1S/C27H31N3O6/c1-3-34-27(32)19-10-12-29(13-11-19)16-26(31)30-23(20-6-9-24-25(14-20)36-17-35-24)15-22(28-30)18-4-7-21(33-2)8-5-18/h4-9,14,19,23H,3,10-13,15-17H2,1-2H3. The fraction of sp³-hybridized carbons (Fsp3) is 0.444. The summed E-state index contributed by atoms with van der Waals surface area (Å²) in [6, 6.07) is 13.2. The molecule has 0 spiro atoms. The molecule has 1 fully saturated rings. The number of hydrazone groups is 1.